The van der Waals surface area contributed by atoms with E-state index in [9.17, 15) is 48.6 Å². The molecule has 2 saturated heterocycles. The summed E-state index contributed by atoms with van der Waals surface area (Å²) in [7, 11) is 4.44. The van der Waals surface area contributed by atoms with Crippen molar-refractivity contribution in [2.45, 2.75) is 147 Å². The molecule has 2 aromatic carbocycles. The molecular formula is C56H75BrClN9O15. The Bertz CT molecular complexity index is 2800. The number of hydrogen-bond donors (Lipinski definition) is 9. The molecule has 1 unspecified atom stereocenters. The molecule has 4 bridgehead atoms. The van der Waals surface area contributed by atoms with E-state index in [0.717, 1.165) is 16.0 Å². The normalized spacial score (nSPS) is 26.4. The van der Waals surface area contributed by atoms with Crippen LogP contribution < -0.4 is 47.3 Å². The summed E-state index contributed by atoms with van der Waals surface area (Å²) in [5, 5.41) is 39.1. The van der Waals surface area contributed by atoms with E-state index >= 15 is 0 Å². The average molecular weight is 1230 g/mol. The number of ether oxygens (including phenoxy) is 5. The first-order valence-corrected chi connectivity index (χ1v) is 28.2. The number of nitrogens with two attached hydrogens (primary N) is 1. The van der Waals surface area contributed by atoms with Crippen LogP contribution in [0.15, 0.2) is 70.8 Å². The number of primary amides is 1. The van der Waals surface area contributed by atoms with E-state index in [1.165, 1.54) is 49.5 Å². The number of urea groups is 1. The minimum absolute atomic E-state index is 0.0465. The number of hydrogen-bond acceptors (Lipinski definition) is 16. The van der Waals surface area contributed by atoms with Crippen LogP contribution in [0.1, 0.15) is 91.5 Å². The number of amides is 9. The molecule has 24 nitrogen and oxygen atoms in total. The van der Waals surface area contributed by atoms with Crippen molar-refractivity contribution in [3.8, 4) is 5.75 Å². The molecule has 10 atom stereocenters. The number of nitrogens with one attached hydrogen (secondary N) is 6. The largest absolute Gasteiger partial charge is 0.495 e. The highest BCUT2D eigenvalue weighted by Gasteiger charge is 2.64. The molecule has 4 aliphatic rings. The van der Waals surface area contributed by atoms with Gasteiger partial charge in [0.25, 0.3) is 11.8 Å². The summed E-state index contributed by atoms with van der Waals surface area (Å²) in [4.78, 5) is 107. The monoisotopic (exact) mass is 1230 g/mol. The molecule has 0 aliphatic carbocycles. The van der Waals surface area contributed by atoms with E-state index in [4.69, 9.17) is 41.0 Å². The lowest BCUT2D eigenvalue weighted by Gasteiger charge is -2.44. The van der Waals surface area contributed by atoms with Gasteiger partial charge in [0.1, 0.15) is 40.7 Å². The Morgan fingerprint density at radius 3 is 2.38 bits per heavy atom. The number of carbonyl (C=O) groups excluding carboxylic acids is 8. The van der Waals surface area contributed by atoms with Gasteiger partial charge >= 0.3 is 12.1 Å². The van der Waals surface area contributed by atoms with Crippen LogP contribution in [0, 0.1) is 11.8 Å². The zero-order valence-corrected chi connectivity index (χ0v) is 49.5. The van der Waals surface area contributed by atoms with Crippen LogP contribution in [0.2, 0.25) is 5.02 Å². The third kappa shape index (κ3) is 16.9. The van der Waals surface area contributed by atoms with Crippen molar-refractivity contribution in [1.29, 1.82) is 0 Å². The fourth-order valence-electron chi connectivity index (χ4n) is 10.1. The van der Waals surface area contributed by atoms with Crippen LogP contribution in [0.5, 0.6) is 5.75 Å². The Balaban J connectivity index is 1.16. The molecule has 448 valence electrons. The highest BCUT2D eigenvalue weighted by atomic mass is 79.9. The molecule has 82 heavy (non-hydrogen) atoms. The number of imide groups is 1. The van der Waals surface area contributed by atoms with E-state index in [0.29, 0.717) is 41.6 Å². The molecule has 2 fully saturated rings. The van der Waals surface area contributed by atoms with Crippen LogP contribution in [-0.2, 0) is 54.1 Å². The number of methoxy groups -OCH3 is 2. The maximum Gasteiger partial charge on any atom is 0.412 e. The Labute approximate surface area is 489 Å². The molecule has 9 amide bonds. The van der Waals surface area contributed by atoms with Crippen molar-refractivity contribution >= 4 is 92.2 Å². The van der Waals surface area contributed by atoms with Crippen LogP contribution >= 0.6 is 27.5 Å². The van der Waals surface area contributed by atoms with Gasteiger partial charge in [-0.25, -0.2) is 14.9 Å². The van der Waals surface area contributed by atoms with E-state index in [-0.39, 0.29) is 67.0 Å². The lowest BCUT2D eigenvalue weighted by molar-refractivity contribution is -0.271. The number of rotatable bonds is 20. The summed E-state index contributed by atoms with van der Waals surface area (Å²) in [5.41, 5.74) is 4.57. The molecule has 4 heterocycles. The minimum Gasteiger partial charge on any atom is -0.495 e. The van der Waals surface area contributed by atoms with Gasteiger partial charge in [-0.05, 0) is 104 Å². The van der Waals surface area contributed by atoms with E-state index < -0.39 is 108 Å². The smallest absolute Gasteiger partial charge is 0.412 e. The molecule has 0 saturated carbocycles. The van der Waals surface area contributed by atoms with Crippen LogP contribution in [0.4, 0.5) is 26.7 Å². The molecule has 10 N–H and O–H groups in total. The number of aliphatic hydroxyl groups excluding tert-OH is 1. The van der Waals surface area contributed by atoms with Gasteiger partial charge in [-0.3, -0.25) is 39.0 Å². The average Bonchev–Trinajstić information content (AvgIpc) is 2.70. The van der Waals surface area contributed by atoms with Crippen molar-refractivity contribution in [3.63, 3.8) is 0 Å². The number of nitrogens with zero attached hydrogens (tertiary/aromatic N) is 2. The fraction of sp³-hybridized carbons (Fsp3) is 0.536. The molecule has 2 aromatic rings. The van der Waals surface area contributed by atoms with Crippen LogP contribution in [0.3, 0.4) is 0 Å². The molecule has 0 spiro atoms. The Hall–Kier alpha value is -6.45. The minimum atomic E-state index is -1.80. The van der Waals surface area contributed by atoms with Crippen molar-refractivity contribution in [3.05, 3.63) is 81.3 Å². The van der Waals surface area contributed by atoms with E-state index in [2.05, 4.69) is 47.8 Å². The number of allylic oxidation sites excluding steroid dienone is 3. The maximum absolute atomic E-state index is 14.4. The predicted octanol–water partition coefficient (Wildman–Crippen LogP) is 4.79. The van der Waals surface area contributed by atoms with Gasteiger partial charge in [0.15, 0.2) is 5.72 Å². The Morgan fingerprint density at radius 1 is 1.00 bits per heavy atom. The molecular weight excluding hydrogens is 1150 g/mol. The number of benzene rings is 2. The summed E-state index contributed by atoms with van der Waals surface area (Å²) in [6.45, 7) is 9.18. The lowest BCUT2D eigenvalue weighted by Crippen LogP contribution is -2.65. The fourth-order valence-corrected chi connectivity index (χ4v) is 10.9. The molecule has 0 aromatic heterocycles. The molecule has 0 radical (unpaired) electrons. The number of unbranched alkanes of at least 4 members (excludes halogenated alkanes) is 2. The van der Waals surface area contributed by atoms with E-state index in [1.807, 2.05) is 13.0 Å². The second kappa shape index (κ2) is 28.7. The van der Waals surface area contributed by atoms with Crippen molar-refractivity contribution in [2.75, 3.05) is 49.9 Å². The highest BCUT2D eigenvalue weighted by molar-refractivity contribution is 9.10. The molecule has 4 aliphatic heterocycles. The SMILES string of the molecule is COc1cc2cc(c1Cl)N(C)C(=O)C[C@H](OC(=O)Nc1ccc(NC(=O)[C@H](CCCNC(N)=O)NC(=O)[C@@H](NC(=O)CCCCCN3C(=O)C=CC3=O)C(C)C)c(Br)c1)[C@]1(C)O[C@H]1[C@H](C)[C@@H]1C[C@@](O)(NC(O)O1)[C@H](OC)/C=C/C=C(\C)C2. The lowest BCUT2D eigenvalue weighted by atomic mass is 9.83. The van der Waals surface area contributed by atoms with Gasteiger partial charge in [-0.1, -0.05) is 62.6 Å². The van der Waals surface area contributed by atoms with Gasteiger partial charge in [-0.2, -0.15) is 0 Å². The predicted molar refractivity (Wildman–Crippen MR) is 306 cm³/mol. The summed E-state index contributed by atoms with van der Waals surface area (Å²) < 4.78 is 30.0. The van der Waals surface area contributed by atoms with Gasteiger partial charge in [0.2, 0.25) is 30.0 Å². The number of carbonyl (C=O) groups is 8. The summed E-state index contributed by atoms with van der Waals surface area (Å²) in [6, 6.07) is 5.01. The van der Waals surface area contributed by atoms with E-state index in [1.54, 1.807) is 59.0 Å². The second-order valence-electron chi connectivity index (χ2n) is 21.4. The van der Waals surface area contributed by atoms with Crippen molar-refractivity contribution < 1.29 is 72.3 Å². The highest BCUT2D eigenvalue weighted by Crippen LogP contribution is 2.49. The maximum atomic E-state index is 14.4. The van der Waals surface area contributed by atoms with Crippen molar-refractivity contribution in [1.82, 2.24) is 26.2 Å². The quantitative estimate of drug-likeness (QED) is 0.0489. The third-order valence-electron chi connectivity index (χ3n) is 14.8. The first-order chi connectivity index (χ1) is 38.8. The summed E-state index contributed by atoms with van der Waals surface area (Å²) in [5.74, 6) is -3.57. The number of epoxide rings is 1. The topological polar surface area (TPSA) is 331 Å². The zero-order chi connectivity index (χ0) is 60.2. The van der Waals surface area contributed by atoms with Crippen LogP contribution in [0.25, 0.3) is 0 Å². The van der Waals surface area contributed by atoms with Gasteiger partial charge in [0, 0.05) is 68.3 Å². The first kappa shape index (κ1) is 64.7. The number of aliphatic hydroxyl groups is 2. The van der Waals surface area contributed by atoms with Gasteiger partial charge in [0.05, 0.1) is 37.1 Å². The summed E-state index contributed by atoms with van der Waals surface area (Å²) in [6.07, 6.45) is 3.13. The summed E-state index contributed by atoms with van der Waals surface area (Å²) >= 11 is 10.3. The first-order valence-electron chi connectivity index (χ1n) is 27.0. The zero-order valence-electron chi connectivity index (χ0n) is 47.2. The molecule has 26 heteroatoms. The number of halogens is 2. The number of anilines is 3. The van der Waals surface area contributed by atoms with Crippen molar-refractivity contribution in [2.24, 2.45) is 17.6 Å². The third-order valence-corrected chi connectivity index (χ3v) is 15.9. The molecule has 6 rings (SSSR count). The van der Waals surface area contributed by atoms with Crippen LogP contribution in [-0.4, -0.2) is 151 Å². The number of fused-ring (bicyclic) bond motifs is 5. The standard InChI is InChI=1S/C56H75BrClN9O15/c1-30(2)48(64-43(68)17-10-9-11-23-67-44(69)20-21-45(67)70)51(73)63-37(15-13-22-60-52(59)74)50(72)62-36-19-18-34(27-35(36)57)61-53(75)81-42-28-46(71)66(6)38-25-33(26-39(78-7)47(38)58)24-31(3)14-12-16-41(79-8)56(77)29-40(80-54(76)65-56)32(4)49-55(42,5)82-49/h12,14,16,18-21,25-27,30,32,37,40-42,48-49,54,65,76-77H,9-11,13,15,17,22-24,28-29H2,1-8H3,(H,61,75)(H,62,72)(H,63,73)(H,64,68)(H3,59,60,74)/b16-12+,31-14+/t32-,37+,40+,41-,42+,48+,49+,54?,55+,56+/m1/s1. The van der Waals surface area contributed by atoms with Gasteiger partial charge in [-0.15, -0.1) is 0 Å². The Morgan fingerprint density at radius 2 is 1.72 bits per heavy atom. The second-order valence-corrected chi connectivity index (χ2v) is 22.6. The Kier molecular flexibility index (Phi) is 22.6. The van der Waals surface area contributed by atoms with Gasteiger partial charge < -0.3 is 65.8 Å².